The molecule has 2 heterocycles. The lowest BCUT2D eigenvalue weighted by atomic mass is 9.93. The fraction of sp³-hybridized carbons (Fsp3) is 0.688. The number of hydrogen-bond donors (Lipinski definition) is 1. The van der Waals surface area contributed by atoms with Crippen molar-refractivity contribution in [3.8, 4) is 0 Å². The third-order valence-corrected chi connectivity index (χ3v) is 4.75. The second-order valence-electron chi connectivity index (χ2n) is 5.91. The van der Waals surface area contributed by atoms with E-state index in [0.717, 1.165) is 25.0 Å². The molecule has 1 aromatic rings. The van der Waals surface area contributed by atoms with Crippen LogP contribution in [0.3, 0.4) is 0 Å². The molecule has 0 radical (unpaired) electrons. The fourth-order valence-electron chi connectivity index (χ4n) is 3.61. The summed E-state index contributed by atoms with van der Waals surface area (Å²) in [5.41, 5.74) is 0.650. The lowest BCUT2D eigenvalue weighted by Gasteiger charge is -2.40. The van der Waals surface area contributed by atoms with Crippen molar-refractivity contribution in [2.24, 2.45) is 5.92 Å². The van der Waals surface area contributed by atoms with Gasteiger partial charge in [-0.15, -0.1) is 0 Å². The number of morpholine rings is 1. The predicted octanol–water partition coefficient (Wildman–Crippen LogP) is 1.84. The summed E-state index contributed by atoms with van der Waals surface area (Å²) >= 11 is 0. The van der Waals surface area contributed by atoms with Crippen molar-refractivity contribution in [2.75, 3.05) is 19.8 Å². The Bertz CT molecular complexity index is 498. The third-order valence-electron chi connectivity index (χ3n) is 4.75. The number of aliphatic hydroxyl groups excluding tert-OH is 1. The molecule has 1 aromatic heterocycles. The molecule has 1 saturated carbocycles. The number of ether oxygens (including phenoxy) is 1. The summed E-state index contributed by atoms with van der Waals surface area (Å²) in [5, 5.41) is 10.2. The van der Waals surface area contributed by atoms with Crippen LogP contribution in [0, 0.1) is 5.92 Å². The molecule has 1 N–H and O–H groups in total. The first-order valence-corrected chi connectivity index (χ1v) is 7.85. The monoisotopic (exact) mass is 293 g/mol. The van der Waals surface area contributed by atoms with Gasteiger partial charge < -0.3 is 19.2 Å². The smallest absolute Gasteiger partial charge is 0.257 e. The van der Waals surface area contributed by atoms with E-state index in [1.54, 1.807) is 12.3 Å². The first kappa shape index (κ1) is 14.6. The van der Waals surface area contributed by atoms with Crippen molar-refractivity contribution in [1.82, 2.24) is 4.90 Å². The van der Waals surface area contributed by atoms with Crippen molar-refractivity contribution >= 4 is 5.91 Å². The van der Waals surface area contributed by atoms with Gasteiger partial charge in [0.1, 0.15) is 5.76 Å². The summed E-state index contributed by atoms with van der Waals surface area (Å²) in [6.07, 6.45) is 4.78. The highest BCUT2D eigenvalue weighted by Crippen LogP contribution is 2.33. The maximum absolute atomic E-state index is 12.8. The lowest BCUT2D eigenvalue weighted by Crippen LogP contribution is -2.53. The SMILES string of the molecule is CCc1occc1C(=O)N1CCOC[C@@H]1[C@@H]1CCC[C@H]1O. The van der Waals surface area contributed by atoms with Crippen molar-refractivity contribution < 1.29 is 19.1 Å². The van der Waals surface area contributed by atoms with E-state index >= 15 is 0 Å². The van der Waals surface area contributed by atoms with E-state index < -0.39 is 0 Å². The van der Waals surface area contributed by atoms with Gasteiger partial charge in [0.25, 0.3) is 5.91 Å². The van der Waals surface area contributed by atoms with E-state index in [9.17, 15) is 9.90 Å². The molecule has 0 bridgehead atoms. The number of amides is 1. The zero-order valence-electron chi connectivity index (χ0n) is 12.5. The Hall–Kier alpha value is -1.33. The van der Waals surface area contributed by atoms with Crippen LogP contribution in [-0.2, 0) is 11.2 Å². The molecule has 3 atom stereocenters. The molecule has 0 aromatic carbocycles. The fourth-order valence-corrected chi connectivity index (χ4v) is 3.61. The van der Waals surface area contributed by atoms with Gasteiger partial charge >= 0.3 is 0 Å². The van der Waals surface area contributed by atoms with Crippen molar-refractivity contribution in [3.63, 3.8) is 0 Å². The second-order valence-corrected chi connectivity index (χ2v) is 5.91. The molecule has 1 aliphatic carbocycles. The minimum absolute atomic E-state index is 0.00741. The molecule has 0 spiro atoms. The van der Waals surface area contributed by atoms with Gasteiger partial charge in [0.15, 0.2) is 0 Å². The van der Waals surface area contributed by atoms with Crippen molar-refractivity contribution in [3.05, 3.63) is 23.7 Å². The number of aryl methyl sites for hydroxylation is 1. The summed E-state index contributed by atoms with van der Waals surface area (Å²) in [6, 6.07) is 1.72. The Kier molecular flexibility index (Phi) is 4.31. The Morgan fingerprint density at radius 3 is 3.05 bits per heavy atom. The molecule has 21 heavy (non-hydrogen) atoms. The Labute approximate surface area is 124 Å². The number of carbonyl (C=O) groups excluding carboxylic acids is 1. The van der Waals surface area contributed by atoms with Gasteiger partial charge in [0.2, 0.25) is 0 Å². The quantitative estimate of drug-likeness (QED) is 0.923. The summed E-state index contributed by atoms with van der Waals surface area (Å²) in [6.45, 7) is 3.64. The highest BCUT2D eigenvalue weighted by atomic mass is 16.5. The Morgan fingerprint density at radius 2 is 2.33 bits per heavy atom. The molecule has 0 unspecified atom stereocenters. The van der Waals surface area contributed by atoms with Crippen LogP contribution in [-0.4, -0.2) is 47.8 Å². The van der Waals surface area contributed by atoms with E-state index in [-0.39, 0.29) is 24.0 Å². The Morgan fingerprint density at radius 1 is 1.48 bits per heavy atom. The standard InChI is InChI=1S/C16H23NO4/c1-2-15-12(6-8-21-15)16(19)17-7-9-20-10-13(17)11-4-3-5-14(11)18/h6,8,11,13-14,18H,2-5,7,9-10H2,1H3/t11-,13+,14+/m0/s1. The van der Waals surface area contributed by atoms with Crippen LogP contribution in [0.1, 0.15) is 42.3 Å². The number of aliphatic hydroxyl groups is 1. The zero-order valence-corrected chi connectivity index (χ0v) is 12.5. The van der Waals surface area contributed by atoms with E-state index in [4.69, 9.17) is 9.15 Å². The number of nitrogens with zero attached hydrogens (tertiary/aromatic N) is 1. The third kappa shape index (κ3) is 2.72. The summed E-state index contributed by atoms with van der Waals surface area (Å²) in [5.74, 6) is 0.872. The molecular formula is C16H23NO4. The van der Waals surface area contributed by atoms with Crippen LogP contribution in [0.2, 0.25) is 0 Å². The molecule has 1 aliphatic heterocycles. The molecule has 1 saturated heterocycles. The van der Waals surface area contributed by atoms with E-state index in [1.165, 1.54) is 0 Å². The van der Waals surface area contributed by atoms with Crippen LogP contribution in [0.4, 0.5) is 0 Å². The van der Waals surface area contributed by atoms with Crippen LogP contribution in [0.5, 0.6) is 0 Å². The number of carbonyl (C=O) groups is 1. The van der Waals surface area contributed by atoms with Crippen molar-refractivity contribution in [2.45, 2.75) is 44.8 Å². The van der Waals surface area contributed by atoms with E-state index in [1.807, 2.05) is 11.8 Å². The van der Waals surface area contributed by atoms with Gasteiger partial charge in [0.05, 0.1) is 37.2 Å². The van der Waals surface area contributed by atoms with Crippen LogP contribution < -0.4 is 0 Å². The minimum atomic E-state index is -0.318. The molecule has 1 amide bonds. The van der Waals surface area contributed by atoms with Gasteiger partial charge in [-0.3, -0.25) is 4.79 Å². The van der Waals surface area contributed by atoms with Gasteiger partial charge in [-0.05, 0) is 18.9 Å². The predicted molar refractivity (Wildman–Crippen MR) is 77.1 cm³/mol. The normalized spacial score (nSPS) is 29.8. The summed E-state index contributed by atoms with van der Waals surface area (Å²) in [7, 11) is 0. The lowest BCUT2D eigenvalue weighted by molar-refractivity contribution is -0.0384. The van der Waals surface area contributed by atoms with Gasteiger partial charge in [0, 0.05) is 18.9 Å². The van der Waals surface area contributed by atoms with Gasteiger partial charge in [-0.2, -0.15) is 0 Å². The first-order chi connectivity index (χ1) is 10.2. The van der Waals surface area contributed by atoms with Gasteiger partial charge in [-0.1, -0.05) is 13.3 Å². The number of rotatable bonds is 3. The topological polar surface area (TPSA) is 62.9 Å². The largest absolute Gasteiger partial charge is 0.469 e. The number of furan rings is 1. The highest BCUT2D eigenvalue weighted by Gasteiger charge is 2.40. The minimum Gasteiger partial charge on any atom is -0.469 e. The van der Waals surface area contributed by atoms with Crippen LogP contribution in [0.15, 0.2) is 16.7 Å². The van der Waals surface area contributed by atoms with Crippen molar-refractivity contribution in [1.29, 1.82) is 0 Å². The first-order valence-electron chi connectivity index (χ1n) is 7.85. The van der Waals surface area contributed by atoms with Crippen LogP contribution in [0.25, 0.3) is 0 Å². The Balaban J connectivity index is 1.82. The molecule has 3 rings (SSSR count). The molecule has 2 aliphatic rings. The average molecular weight is 293 g/mol. The number of hydrogen-bond acceptors (Lipinski definition) is 4. The zero-order chi connectivity index (χ0) is 14.8. The molecule has 5 heteroatoms. The summed E-state index contributed by atoms with van der Waals surface area (Å²) in [4.78, 5) is 14.7. The molecular weight excluding hydrogens is 270 g/mol. The molecule has 2 fully saturated rings. The van der Waals surface area contributed by atoms with E-state index in [0.29, 0.717) is 31.7 Å². The molecule has 116 valence electrons. The van der Waals surface area contributed by atoms with Crippen LogP contribution >= 0.6 is 0 Å². The van der Waals surface area contributed by atoms with Gasteiger partial charge in [-0.25, -0.2) is 0 Å². The maximum atomic E-state index is 12.8. The highest BCUT2D eigenvalue weighted by molar-refractivity contribution is 5.95. The average Bonchev–Trinajstić information content (AvgIpc) is 3.14. The second kappa shape index (κ2) is 6.20. The maximum Gasteiger partial charge on any atom is 0.257 e. The molecule has 5 nitrogen and oxygen atoms in total. The van der Waals surface area contributed by atoms with E-state index in [2.05, 4.69) is 0 Å². The summed E-state index contributed by atoms with van der Waals surface area (Å²) < 4.78 is 10.9.